The molecule has 0 aliphatic heterocycles. The van der Waals surface area contributed by atoms with Crippen LogP contribution in [0.1, 0.15) is 5.56 Å². The second-order valence-corrected chi connectivity index (χ2v) is 4.35. The smallest absolute Gasteiger partial charge is 0.183 e. The van der Waals surface area contributed by atoms with Crippen LogP contribution in [0.5, 0.6) is 0 Å². The molecule has 0 radical (unpaired) electrons. The van der Waals surface area contributed by atoms with Gasteiger partial charge in [-0.15, -0.1) is 0 Å². The molecule has 15 heavy (non-hydrogen) atoms. The van der Waals surface area contributed by atoms with Gasteiger partial charge >= 0.3 is 0 Å². The van der Waals surface area contributed by atoms with Crippen LogP contribution in [0.25, 0.3) is 0 Å². The number of hydrogen-bond acceptors (Lipinski definition) is 3. The Morgan fingerprint density at radius 1 is 1.60 bits per heavy atom. The number of thioether (sulfide) groups is 1. The number of nitrogens with zero attached hydrogens (tertiary/aromatic N) is 2. The molecule has 0 atom stereocenters. The van der Waals surface area contributed by atoms with E-state index in [2.05, 4.69) is 26.2 Å². The molecule has 1 rings (SSSR count). The Kier molecular flexibility index (Phi) is 4.66. The normalized spacial score (nSPS) is 10.9. The van der Waals surface area contributed by atoms with Crippen molar-refractivity contribution in [1.29, 1.82) is 5.26 Å². The van der Waals surface area contributed by atoms with E-state index in [1.54, 1.807) is 0 Å². The van der Waals surface area contributed by atoms with Crippen molar-refractivity contribution in [2.45, 2.75) is 6.92 Å². The number of nitriles is 1. The highest BCUT2D eigenvalue weighted by Crippen LogP contribution is 2.28. The second kappa shape index (κ2) is 5.79. The first-order chi connectivity index (χ1) is 7.19. The maximum atomic E-state index is 8.50. The van der Waals surface area contributed by atoms with Crippen LogP contribution in [0.15, 0.2) is 27.7 Å². The van der Waals surface area contributed by atoms with Gasteiger partial charge in [0.2, 0.25) is 0 Å². The minimum atomic E-state index is 0.587. The average molecular weight is 284 g/mol. The number of halogens is 1. The summed E-state index contributed by atoms with van der Waals surface area (Å²) in [4.78, 5) is 4.33. The zero-order chi connectivity index (χ0) is 11.3. The summed E-state index contributed by atoms with van der Waals surface area (Å²) in [6.07, 6.45) is 3.72. The first kappa shape index (κ1) is 12.1. The van der Waals surface area contributed by atoms with E-state index in [9.17, 15) is 0 Å². The van der Waals surface area contributed by atoms with Gasteiger partial charge in [-0.05, 0) is 40.7 Å². The van der Waals surface area contributed by atoms with Crippen molar-refractivity contribution in [3.63, 3.8) is 0 Å². The molecule has 0 saturated carbocycles. The summed E-state index contributed by atoms with van der Waals surface area (Å²) >= 11 is 4.86. The Bertz CT molecular complexity index is 423. The number of rotatable bonds is 1. The van der Waals surface area contributed by atoms with Crippen molar-refractivity contribution in [2.75, 3.05) is 6.26 Å². The van der Waals surface area contributed by atoms with Gasteiger partial charge in [-0.2, -0.15) is 5.26 Å². The zero-order valence-corrected chi connectivity index (χ0v) is 10.8. The van der Waals surface area contributed by atoms with Crippen LogP contribution in [0.2, 0.25) is 0 Å². The van der Waals surface area contributed by atoms with E-state index < -0.39 is 0 Å². The van der Waals surface area contributed by atoms with E-state index in [1.165, 1.54) is 11.8 Å². The lowest BCUT2D eigenvalue weighted by Crippen LogP contribution is -2.12. The Balaban J connectivity index is 3.07. The minimum Gasteiger partial charge on any atom is -0.271 e. The summed E-state index contributed by atoms with van der Waals surface area (Å²) in [5.41, 5.74) is 1.94. The fraction of sp³-hybridized carbons (Fsp3) is 0.200. The standard InChI is InChI=1S/C10H10BrN3S/c1-7-4-3-5-8(9(7)11)14-10(15-2)13-6-12/h3-5H,1-2H3,(H,13,14). The lowest BCUT2D eigenvalue weighted by atomic mass is 10.2. The van der Waals surface area contributed by atoms with Crippen molar-refractivity contribution in [3.05, 3.63) is 28.2 Å². The molecule has 0 spiro atoms. The SMILES string of the molecule is CSC(=Nc1cccc(C)c1Br)NC#N. The Labute approximate surface area is 102 Å². The molecule has 1 aromatic carbocycles. The van der Waals surface area contributed by atoms with Gasteiger partial charge in [-0.25, -0.2) is 4.99 Å². The molecule has 0 aromatic heterocycles. The molecule has 1 N–H and O–H groups in total. The second-order valence-electron chi connectivity index (χ2n) is 2.77. The third-order valence-electron chi connectivity index (χ3n) is 1.75. The van der Waals surface area contributed by atoms with Gasteiger partial charge in [0.15, 0.2) is 11.4 Å². The molecule has 0 saturated heterocycles. The molecule has 3 nitrogen and oxygen atoms in total. The molecule has 0 heterocycles. The summed E-state index contributed by atoms with van der Waals surface area (Å²) < 4.78 is 0.955. The molecule has 0 unspecified atom stereocenters. The molecular weight excluding hydrogens is 274 g/mol. The molecule has 0 fully saturated rings. The topological polar surface area (TPSA) is 48.2 Å². The van der Waals surface area contributed by atoms with Gasteiger partial charge < -0.3 is 0 Å². The number of benzene rings is 1. The van der Waals surface area contributed by atoms with Crippen molar-refractivity contribution < 1.29 is 0 Å². The van der Waals surface area contributed by atoms with Crippen molar-refractivity contribution in [3.8, 4) is 6.19 Å². The van der Waals surface area contributed by atoms with Crippen LogP contribution >= 0.6 is 27.7 Å². The van der Waals surface area contributed by atoms with Gasteiger partial charge in [-0.3, -0.25) is 5.32 Å². The van der Waals surface area contributed by atoms with E-state index in [0.717, 1.165) is 15.7 Å². The predicted molar refractivity (Wildman–Crippen MR) is 68.2 cm³/mol. The van der Waals surface area contributed by atoms with E-state index in [1.807, 2.05) is 37.6 Å². The molecular formula is C10H10BrN3S. The number of hydrogen-bond donors (Lipinski definition) is 1. The van der Waals surface area contributed by atoms with Gasteiger partial charge in [0.1, 0.15) is 0 Å². The van der Waals surface area contributed by atoms with Crippen molar-refractivity contribution in [1.82, 2.24) is 5.32 Å². The highest BCUT2D eigenvalue weighted by Gasteiger charge is 2.02. The van der Waals surface area contributed by atoms with E-state index in [0.29, 0.717) is 5.17 Å². The number of nitrogens with one attached hydrogen (secondary N) is 1. The highest BCUT2D eigenvalue weighted by molar-refractivity contribution is 9.10. The highest BCUT2D eigenvalue weighted by atomic mass is 79.9. The molecule has 0 aliphatic carbocycles. The fourth-order valence-electron chi connectivity index (χ4n) is 1.00. The third-order valence-corrected chi connectivity index (χ3v) is 3.36. The van der Waals surface area contributed by atoms with E-state index in [-0.39, 0.29) is 0 Å². The first-order valence-corrected chi connectivity index (χ1v) is 6.23. The van der Waals surface area contributed by atoms with E-state index >= 15 is 0 Å². The third kappa shape index (κ3) is 3.26. The van der Waals surface area contributed by atoms with Crippen LogP contribution in [-0.2, 0) is 0 Å². The van der Waals surface area contributed by atoms with Gasteiger partial charge in [0.25, 0.3) is 0 Å². The van der Waals surface area contributed by atoms with Gasteiger partial charge in [0.05, 0.1) is 5.69 Å². The zero-order valence-electron chi connectivity index (χ0n) is 8.41. The monoisotopic (exact) mass is 283 g/mol. The molecule has 1 aromatic rings. The maximum absolute atomic E-state index is 8.50. The number of aryl methyl sites for hydroxylation is 1. The lowest BCUT2D eigenvalue weighted by Gasteiger charge is -2.03. The summed E-state index contributed by atoms with van der Waals surface area (Å²) in [7, 11) is 0. The Hall–Kier alpha value is -0.990. The lowest BCUT2D eigenvalue weighted by molar-refractivity contribution is 1.27. The summed E-state index contributed by atoms with van der Waals surface area (Å²) in [5, 5.41) is 11.6. The van der Waals surface area contributed by atoms with Crippen LogP contribution in [-0.4, -0.2) is 11.4 Å². The molecule has 78 valence electrons. The van der Waals surface area contributed by atoms with Crippen molar-refractivity contribution >= 4 is 38.5 Å². The molecule has 5 heteroatoms. The van der Waals surface area contributed by atoms with E-state index in [4.69, 9.17) is 5.26 Å². The maximum Gasteiger partial charge on any atom is 0.183 e. The Morgan fingerprint density at radius 2 is 2.33 bits per heavy atom. The minimum absolute atomic E-state index is 0.587. The number of amidine groups is 1. The molecule has 0 amide bonds. The van der Waals surface area contributed by atoms with Gasteiger partial charge in [0, 0.05) is 4.47 Å². The number of aliphatic imine (C=N–C) groups is 1. The summed E-state index contributed by atoms with van der Waals surface area (Å²) in [6.45, 7) is 2.00. The molecule has 0 bridgehead atoms. The Morgan fingerprint density at radius 3 is 2.93 bits per heavy atom. The van der Waals surface area contributed by atoms with Crippen molar-refractivity contribution in [2.24, 2.45) is 4.99 Å². The van der Waals surface area contributed by atoms with Gasteiger partial charge in [-0.1, -0.05) is 23.9 Å². The van der Waals surface area contributed by atoms with Crippen LogP contribution in [0, 0.1) is 18.4 Å². The summed E-state index contributed by atoms with van der Waals surface area (Å²) in [5.74, 6) is 0. The predicted octanol–water partition coefficient (Wildman–Crippen LogP) is 3.18. The quantitative estimate of drug-likeness (QED) is 0.373. The first-order valence-electron chi connectivity index (χ1n) is 4.22. The van der Waals surface area contributed by atoms with Crippen LogP contribution in [0.4, 0.5) is 5.69 Å². The molecule has 0 aliphatic rings. The average Bonchev–Trinajstić information content (AvgIpc) is 2.24. The summed E-state index contributed by atoms with van der Waals surface area (Å²) in [6, 6.07) is 5.83. The van der Waals surface area contributed by atoms with Crippen LogP contribution < -0.4 is 5.32 Å². The van der Waals surface area contributed by atoms with Crippen LogP contribution in [0.3, 0.4) is 0 Å². The fourth-order valence-corrected chi connectivity index (χ4v) is 1.69. The largest absolute Gasteiger partial charge is 0.271 e.